The Morgan fingerprint density at radius 2 is 2.21 bits per heavy atom. The van der Waals surface area contributed by atoms with Crippen LogP contribution in [0.5, 0.6) is 0 Å². The van der Waals surface area contributed by atoms with Crippen molar-refractivity contribution in [3.8, 4) is 0 Å². The van der Waals surface area contributed by atoms with E-state index in [4.69, 9.17) is 5.84 Å². The van der Waals surface area contributed by atoms with Crippen molar-refractivity contribution < 1.29 is 4.79 Å². The average molecular weight is 327 g/mol. The Morgan fingerprint density at radius 3 is 2.79 bits per heavy atom. The van der Waals surface area contributed by atoms with Gasteiger partial charge in [-0.2, -0.15) is 0 Å². The summed E-state index contributed by atoms with van der Waals surface area (Å²) in [7, 11) is 0. The number of aromatic nitrogens is 1. The molecule has 4 N–H and O–H groups in total. The van der Waals surface area contributed by atoms with Crippen LogP contribution in [0.15, 0.2) is 16.7 Å². The van der Waals surface area contributed by atoms with Crippen molar-refractivity contribution in [1.29, 1.82) is 0 Å². The number of carbonyl (C=O) groups excluding carboxylic acids is 1. The van der Waals surface area contributed by atoms with E-state index in [9.17, 15) is 4.79 Å². The predicted octanol–water partition coefficient (Wildman–Crippen LogP) is 2.29. The average Bonchev–Trinajstić information content (AvgIpc) is 2.70. The lowest BCUT2D eigenvalue weighted by Gasteiger charge is -2.20. The van der Waals surface area contributed by atoms with Crippen LogP contribution in [0.4, 0.5) is 5.82 Å². The molecule has 1 fully saturated rings. The van der Waals surface area contributed by atoms with Gasteiger partial charge in [-0.05, 0) is 46.7 Å². The zero-order valence-corrected chi connectivity index (χ0v) is 12.7. The van der Waals surface area contributed by atoms with Crippen molar-refractivity contribution in [2.45, 2.75) is 32.7 Å². The zero-order valence-electron chi connectivity index (χ0n) is 11.1. The summed E-state index contributed by atoms with van der Waals surface area (Å²) in [6.45, 7) is 4.41. The minimum atomic E-state index is -0.132. The molecule has 3 atom stereocenters. The lowest BCUT2D eigenvalue weighted by atomic mass is 9.97. The van der Waals surface area contributed by atoms with Gasteiger partial charge in [-0.3, -0.25) is 4.79 Å². The number of anilines is 1. The summed E-state index contributed by atoms with van der Waals surface area (Å²) in [4.78, 5) is 16.4. The molecule has 5 nitrogen and oxygen atoms in total. The van der Waals surface area contributed by atoms with Gasteiger partial charge in [0.1, 0.15) is 0 Å². The van der Waals surface area contributed by atoms with E-state index in [0.717, 1.165) is 17.3 Å². The number of nitrogens with two attached hydrogens (primary N) is 1. The highest BCUT2D eigenvalue weighted by Gasteiger charge is 2.31. The van der Waals surface area contributed by atoms with Gasteiger partial charge in [-0.15, -0.1) is 0 Å². The molecule has 0 saturated heterocycles. The van der Waals surface area contributed by atoms with E-state index in [2.05, 4.69) is 45.5 Å². The van der Waals surface area contributed by atoms with Gasteiger partial charge in [0.15, 0.2) is 5.82 Å². The Bertz CT molecular complexity index is 480. The fourth-order valence-electron chi connectivity index (χ4n) is 2.54. The van der Waals surface area contributed by atoms with Gasteiger partial charge in [0.2, 0.25) is 0 Å². The first-order valence-corrected chi connectivity index (χ1v) is 7.25. The maximum Gasteiger partial charge on any atom is 0.255 e. The highest BCUT2D eigenvalue weighted by molar-refractivity contribution is 9.10. The molecule has 1 aromatic heterocycles. The number of hydrogen-bond acceptors (Lipinski definition) is 4. The SMILES string of the molecule is CC1CCC(NC(=O)c2cc(Br)cnc2NN)C1C. The fraction of sp³-hybridized carbons (Fsp3) is 0.538. The highest BCUT2D eigenvalue weighted by atomic mass is 79.9. The third-order valence-corrected chi connectivity index (χ3v) is 4.45. The van der Waals surface area contributed by atoms with E-state index in [1.807, 2.05) is 0 Å². The van der Waals surface area contributed by atoms with E-state index < -0.39 is 0 Å². The van der Waals surface area contributed by atoms with Crippen LogP contribution >= 0.6 is 15.9 Å². The molecule has 1 heterocycles. The van der Waals surface area contributed by atoms with E-state index in [1.165, 1.54) is 0 Å². The summed E-state index contributed by atoms with van der Waals surface area (Å²) in [5, 5.41) is 3.08. The Kier molecular flexibility index (Phi) is 4.42. The second-order valence-corrected chi connectivity index (χ2v) is 6.10. The monoisotopic (exact) mass is 326 g/mol. The minimum Gasteiger partial charge on any atom is -0.349 e. The lowest BCUT2D eigenvalue weighted by Crippen LogP contribution is -2.37. The number of hydrazine groups is 1. The summed E-state index contributed by atoms with van der Waals surface area (Å²) < 4.78 is 0.754. The van der Waals surface area contributed by atoms with Crippen LogP contribution in [0.2, 0.25) is 0 Å². The van der Waals surface area contributed by atoms with E-state index in [0.29, 0.717) is 23.2 Å². The standard InChI is InChI=1S/C13H19BrN4O/c1-7-3-4-11(8(7)2)17-13(19)10-5-9(14)6-16-12(10)18-15/h5-8,11H,3-4,15H2,1-2H3,(H,16,18)(H,17,19). The fourth-order valence-corrected chi connectivity index (χ4v) is 2.87. The van der Waals surface area contributed by atoms with Crippen molar-refractivity contribution >= 4 is 27.7 Å². The Hall–Kier alpha value is -1.14. The molecule has 0 bridgehead atoms. The summed E-state index contributed by atoms with van der Waals surface area (Å²) in [5.74, 6) is 6.79. The molecule has 1 amide bonds. The van der Waals surface area contributed by atoms with Crippen molar-refractivity contribution in [2.24, 2.45) is 17.7 Å². The number of pyridine rings is 1. The van der Waals surface area contributed by atoms with Crippen LogP contribution in [-0.4, -0.2) is 16.9 Å². The largest absolute Gasteiger partial charge is 0.349 e. The van der Waals surface area contributed by atoms with E-state index in [-0.39, 0.29) is 11.9 Å². The molecular weight excluding hydrogens is 308 g/mol. The molecule has 19 heavy (non-hydrogen) atoms. The Balaban J connectivity index is 2.14. The van der Waals surface area contributed by atoms with Gasteiger partial charge in [-0.1, -0.05) is 13.8 Å². The summed E-state index contributed by atoms with van der Waals surface area (Å²) in [6, 6.07) is 1.95. The molecule has 104 valence electrons. The number of nitrogens with zero attached hydrogens (tertiary/aromatic N) is 1. The first-order chi connectivity index (χ1) is 9.02. The van der Waals surface area contributed by atoms with Crippen LogP contribution in [0, 0.1) is 11.8 Å². The van der Waals surface area contributed by atoms with Crippen LogP contribution < -0.4 is 16.6 Å². The quantitative estimate of drug-likeness (QED) is 0.588. The zero-order chi connectivity index (χ0) is 14.0. The summed E-state index contributed by atoms with van der Waals surface area (Å²) in [5.41, 5.74) is 2.92. The maximum absolute atomic E-state index is 12.3. The molecule has 3 unspecified atom stereocenters. The lowest BCUT2D eigenvalue weighted by molar-refractivity contribution is 0.0928. The molecule has 0 radical (unpaired) electrons. The molecular formula is C13H19BrN4O. The van der Waals surface area contributed by atoms with Crippen molar-refractivity contribution in [3.63, 3.8) is 0 Å². The number of nitrogen functional groups attached to an aromatic ring is 1. The summed E-state index contributed by atoms with van der Waals surface area (Å²) >= 11 is 3.32. The van der Waals surface area contributed by atoms with E-state index in [1.54, 1.807) is 12.3 Å². The number of rotatable bonds is 3. The first kappa shape index (κ1) is 14.3. The molecule has 1 saturated carbocycles. The van der Waals surface area contributed by atoms with Gasteiger partial charge in [0.05, 0.1) is 5.56 Å². The smallest absolute Gasteiger partial charge is 0.255 e. The Labute approximate surface area is 121 Å². The molecule has 0 aliphatic heterocycles. The van der Waals surface area contributed by atoms with Crippen LogP contribution in [0.25, 0.3) is 0 Å². The molecule has 1 aliphatic carbocycles. The second-order valence-electron chi connectivity index (χ2n) is 5.19. The van der Waals surface area contributed by atoms with Gasteiger partial charge in [0, 0.05) is 16.7 Å². The number of amides is 1. The minimum absolute atomic E-state index is 0.132. The van der Waals surface area contributed by atoms with Crippen molar-refractivity contribution in [1.82, 2.24) is 10.3 Å². The van der Waals surface area contributed by atoms with Crippen molar-refractivity contribution in [3.05, 3.63) is 22.3 Å². The van der Waals surface area contributed by atoms with Crippen molar-refractivity contribution in [2.75, 3.05) is 5.43 Å². The molecule has 0 spiro atoms. The number of halogens is 1. The third kappa shape index (κ3) is 3.06. The predicted molar refractivity (Wildman–Crippen MR) is 78.6 cm³/mol. The molecule has 0 aromatic carbocycles. The second kappa shape index (κ2) is 5.88. The number of hydrogen-bond donors (Lipinski definition) is 3. The van der Waals surface area contributed by atoms with Crippen LogP contribution in [-0.2, 0) is 0 Å². The van der Waals surface area contributed by atoms with Gasteiger partial charge in [0.25, 0.3) is 5.91 Å². The third-order valence-electron chi connectivity index (χ3n) is 4.02. The number of carbonyl (C=O) groups is 1. The normalized spacial score (nSPS) is 26.2. The molecule has 1 aliphatic rings. The van der Waals surface area contributed by atoms with Gasteiger partial charge < -0.3 is 10.7 Å². The Morgan fingerprint density at radius 1 is 1.47 bits per heavy atom. The molecule has 6 heteroatoms. The maximum atomic E-state index is 12.3. The van der Waals surface area contributed by atoms with Crippen LogP contribution in [0.1, 0.15) is 37.0 Å². The topological polar surface area (TPSA) is 80.0 Å². The molecule has 1 aromatic rings. The van der Waals surface area contributed by atoms with Gasteiger partial charge >= 0.3 is 0 Å². The number of nitrogens with one attached hydrogen (secondary N) is 2. The van der Waals surface area contributed by atoms with E-state index >= 15 is 0 Å². The molecule has 2 rings (SSSR count). The summed E-state index contributed by atoms with van der Waals surface area (Å²) in [6.07, 6.45) is 3.79. The van der Waals surface area contributed by atoms with Crippen LogP contribution in [0.3, 0.4) is 0 Å². The van der Waals surface area contributed by atoms with Gasteiger partial charge in [-0.25, -0.2) is 10.8 Å². The first-order valence-electron chi connectivity index (χ1n) is 6.46. The highest BCUT2D eigenvalue weighted by Crippen LogP contribution is 2.31.